The summed E-state index contributed by atoms with van der Waals surface area (Å²) in [7, 11) is -6.81. The van der Waals surface area contributed by atoms with Crippen LogP contribution in [0, 0.1) is 0 Å². The van der Waals surface area contributed by atoms with Crippen molar-refractivity contribution in [3.8, 4) is 5.88 Å². The Labute approximate surface area is 163 Å². The van der Waals surface area contributed by atoms with Gasteiger partial charge in [-0.3, -0.25) is 5.32 Å². The highest BCUT2D eigenvalue weighted by Crippen LogP contribution is 2.31. The standard InChI is InChI=1S/C14H13BrN4O6S2/c1-25-11-7-10(15)16-13(17-11)18-14(20)19-27(23,24)9-4-2-3-8-5-6-26(21,22)12(8)9/h2-4,7H,5-6H2,1H3,(H2,16,17,18,19,20). The van der Waals surface area contributed by atoms with Crippen LogP contribution in [0.2, 0.25) is 0 Å². The highest BCUT2D eigenvalue weighted by molar-refractivity contribution is 9.10. The zero-order valence-electron chi connectivity index (χ0n) is 13.8. The average molecular weight is 477 g/mol. The van der Waals surface area contributed by atoms with Crippen molar-refractivity contribution in [2.24, 2.45) is 0 Å². The predicted molar refractivity (Wildman–Crippen MR) is 97.8 cm³/mol. The fraction of sp³-hybridized carbons (Fsp3) is 0.214. The molecule has 0 saturated heterocycles. The number of benzene rings is 1. The number of hydrogen-bond acceptors (Lipinski definition) is 8. The number of halogens is 1. The number of carbonyl (C=O) groups excluding carboxylic acids is 1. The Bertz CT molecular complexity index is 1130. The quantitative estimate of drug-likeness (QED) is 0.623. The Hall–Kier alpha value is -2.25. The van der Waals surface area contributed by atoms with E-state index in [0.29, 0.717) is 10.2 Å². The number of methoxy groups -OCH3 is 1. The molecule has 144 valence electrons. The van der Waals surface area contributed by atoms with Crippen LogP contribution in [-0.2, 0) is 26.3 Å². The summed E-state index contributed by atoms with van der Waals surface area (Å²) >= 11 is 3.10. The van der Waals surface area contributed by atoms with Crippen molar-refractivity contribution in [1.82, 2.24) is 14.7 Å². The smallest absolute Gasteiger partial charge is 0.335 e. The molecule has 1 aliphatic rings. The molecule has 0 fully saturated rings. The number of carbonyl (C=O) groups is 1. The lowest BCUT2D eigenvalue weighted by atomic mass is 10.2. The van der Waals surface area contributed by atoms with E-state index in [1.165, 1.54) is 19.2 Å². The van der Waals surface area contributed by atoms with Crippen LogP contribution in [0.15, 0.2) is 38.7 Å². The fourth-order valence-electron chi connectivity index (χ4n) is 2.53. The maximum absolute atomic E-state index is 12.6. The highest BCUT2D eigenvalue weighted by Gasteiger charge is 2.34. The number of amides is 2. The molecule has 0 bridgehead atoms. The summed E-state index contributed by atoms with van der Waals surface area (Å²) in [5.41, 5.74) is 0.401. The molecule has 0 spiro atoms. The Balaban J connectivity index is 1.87. The van der Waals surface area contributed by atoms with Crippen molar-refractivity contribution in [1.29, 1.82) is 0 Å². The number of ether oxygens (including phenoxy) is 1. The molecule has 27 heavy (non-hydrogen) atoms. The molecule has 0 aliphatic carbocycles. The van der Waals surface area contributed by atoms with E-state index in [0.717, 1.165) is 6.07 Å². The summed E-state index contributed by atoms with van der Waals surface area (Å²) in [6, 6.07) is 4.39. The van der Waals surface area contributed by atoms with Crippen molar-refractivity contribution in [3.05, 3.63) is 34.4 Å². The number of hydrogen-bond donors (Lipinski definition) is 2. The second kappa shape index (κ2) is 7.05. The van der Waals surface area contributed by atoms with Crippen molar-refractivity contribution >= 4 is 47.8 Å². The molecule has 1 aromatic carbocycles. The van der Waals surface area contributed by atoms with Gasteiger partial charge in [-0.15, -0.1) is 0 Å². The van der Waals surface area contributed by atoms with Crippen LogP contribution >= 0.6 is 15.9 Å². The summed E-state index contributed by atoms with van der Waals surface area (Å²) in [4.78, 5) is 19.1. The second-order valence-electron chi connectivity index (χ2n) is 5.43. The molecule has 2 amide bonds. The molecule has 10 nitrogen and oxygen atoms in total. The molecule has 1 aliphatic heterocycles. The number of fused-ring (bicyclic) bond motifs is 1. The fourth-order valence-corrected chi connectivity index (χ4v) is 6.28. The van der Waals surface area contributed by atoms with Gasteiger partial charge in [-0.2, -0.15) is 4.98 Å². The maximum atomic E-state index is 12.6. The van der Waals surface area contributed by atoms with Gasteiger partial charge in [0.15, 0.2) is 9.84 Å². The van der Waals surface area contributed by atoms with Gasteiger partial charge in [-0.25, -0.2) is 31.3 Å². The Morgan fingerprint density at radius 2 is 2.04 bits per heavy atom. The van der Waals surface area contributed by atoms with Gasteiger partial charge >= 0.3 is 6.03 Å². The summed E-state index contributed by atoms with van der Waals surface area (Å²) in [5, 5.41) is 2.16. The minimum atomic E-state index is -4.44. The summed E-state index contributed by atoms with van der Waals surface area (Å²) < 4.78 is 56.5. The number of aryl methyl sites for hydroxylation is 1. The first-order valence-electron chi connectivity index (χ1n) is 7.39. The molecule has 0 atom stereocenters. The van der Waals surface area contributed by atoms with Crippen LogP contribution in [0.25, 0.3) is 0 Å². The SMILES string of the molecule is COc1cc(Br)nc(NC(=O)NS(=O)(=O)c2cccc3c2S(=O)(=O)CC3)n1. The number of sulfonamides is 1. The molecule has 0 unspecified atom stereocenters. The van der Waals surface area contributed by atoms with Crippen LogP contribution in [0.3, 0.4) is 0 Å². The van der Waals surface area contributed by atoms with Gasteiger partial charge in [-0.1, -0.05) is 12.1 Å². The van der Waals surface area contributed by atoms with E-state index < -0.39 is 30.8 Å². The summed E-state index contributed by atoms with van der Waals surface area (Å²) in [6.07, 6.45) is 0.221. The van der Waals surface area contributed by atoms with E-state index >= 15 is 0 Å². The Morgan fingerprint density at radius 1 is 1.30 bits per heavy atom. The lowest BCUT2D eigenvalue weighted by Gasteiger charge is -2.11. The van der Waals surface area contributed by atoms with E-state index in [-0.39, 0.29) is 28.9 Å². The third-order valence-electron chi connectivity index (χ3n) is 3.63. The van der Waals surface area contributed by atoms with Crippen LogP contribution in [0.5, 0.6) is 5.88 Å². The van der Waals surface area contributed by atoms with Crippen molar-refractivity contribution < 1.29 is 26.4 Å². The lowest BCUT2D eigenvalue weighted by molar-refractivity contribution is 0.256. The van der Waals surface area contributed by atoms with Gasteiger partial charge < -0.3 is 4.74 Å². The minimum Gasteiger partial charge on any atom is -0.481 e. The number of urea groups is 1. The van der Waals surface area contributed by atoms with E-state index in [1.54, 1.807) is 10.8 Å². The third-order valence-corrected chi connectivity index (χ3v) is 7.39. The molecule has 2 heterocycles. The van der Waals surface area contributed by atoms with Gasteiger partial charge in [0, 0.05) is 6.07 Å². The molecule has 1 aromatic heterocycles. The molecule has 2 N–H and O–H groups in total. The van der Waals surface area contributed by atoms with Crippen molar-refractivity contribution in [3.63, 3.8) is 0 Å². The van der Waals surface area contributed by atoms with Crippen LogP contribution < -0.4 is 14.8 Å². The van der Waals surface area contributed by atoms with Crippen LogP contribution in [-0.4, -0.2) is 45.7 Å². The highest BCUT2D eigenvalue weighted by atomic mass is 79.9. The number of sulfone groups is 1. The van der Waals surface area contributed by atoms with E-state index in [1.807, 2.05) is 0 Å². The molecular weight excluding hydrogens is 464 g/mol. The Kier molecular flexibility index (Phi) is 5.10. The maximum Gasteiger partial charge on any atom is 0.335 e. The van der Waals surface area contributed by atoms with Crippen LogP contribution in [0.1, 0.15) is 5.56 Å². The van der Waals surface area contributed by atoms with Gasteiger partial charge in [0.05, 0.1) is 17.8 Å². The predicted octanol–water partition coefficient (Wildman–Crippen LogP) is 1.09. The molecule has 0 radical (unpaired) electrons. The first kappa shape index (κ1) is 19.5. The third kappa shape index (κ3) is 4.04. The number of aromatic nitrogens is 2. The molecular formula is C14H13BrN4O6S2. The van der Waals surface area contributed by atoms with Gasteiger partial charge in [0.1, 0.15) is 9.50 Å². The average Bonchev–Trinajstić information content (AvgIpc) is 2.89. The summed E-state index contributed by atoms with van der Waals surface area (Å²) in [5.74, 6) is -0.242. The number of nitrogens with one attached hydrogen (secondary N) is 2. The van der Waals surface area contributed by atoms with Crippen LogP contribution in [0.4, 0.5) is 10.7 Å². The molecule has 3 rings (SSSR count). The second-order valence-corrected chi connectivity index (χ2v) is 9.94. The van der Waals surface area contributed by atoms with Crippen molar-refractivity contribution in [2.45, 2.75) is 16.2 Å². The zero-order chi connectivity index (χ0) is 19.8. The van der Waals surface area contributed by atoms with E-state index in [2.05, 4.69) is 31.2 Å². The van der Waals surface area contributed by atoms with E-state index in [4.69, 9.17) is 4.74 Å². The lowest BCUT2D eigenvalue weighted by Crippen LogP contribution is -2.35. The molecule has 2 aromatic rings. The zero-order valence-corrected chi connectivity index (χ0v) is 17.0. The van der Waals surface area contributed by atoms with Gasteiger partial charge in [-0.05, 0) is 34.0 Å². The minimum absolute atomic E-state index is 0.141. The largest absolute Gasteiger partial charge is 0.481 e. The Morgan fingerprint density at radius 3 is 2.74 bits per heavy atom. The first-order chi connectivity index (χ1) is 12.6. The van der Waals surface area contributed by atoms with Gasteiger partial charge in [0.2, 0.25) is 11.8 Å². The van der Waals surface area contributed by atoms with Gasteiger partial charge in [0.25, 0.3) is 10.0 Å². The monoisotopic (exact) mass is 476 g/mol. The molecule has 13 heteroatoms. The van der Waals surface area contributed by atoms with E-state index in [9.17, 15) is 21.6 Å². The molecule has 0 saturated carbocycles. The normalized spacial score (nSPS) is 15.0. The summed E-state index contributed by atoms with van der Waals surface area (Å²) in [6.45, 7) is 0. The number of rotatable bonds is 4. The number of anilines is 1. The topological polar surface area (TPSA) is 144 Å². The van der Waals surface area contributed by atoms with Crippen molar-refractivity contribution in [2.75, 3.05) is 18.2 Å². The number of nitrogens with zero attached hydrogens (tertiary/aromatic N) is 2. The first-order valence-corrected chi connectivity index (χ1v) is 11.3.